The standard InChI is InChI=1S/C19H23N3O2/c1-20-12-11-19-21-17-5-3-4-6-18(17)22(19)13-14-24-16-9-7-15(23-2)8-10-16/h3-10,20H,11-14H2,1-2H3. The van der Waals surface area contributed by atoms with Crippen LogP contribution in [0.2, 0.25) is 0 Å². The molecule has 126 valence electrons. The Kier molecular flexibility index (Phi) is 5.33. The van der Waals surface area contributed by atoms with E-state index in [1.807, 2.05) is 43.4 Å². The Labute approximate surface area is 142 Å². The summed E-state index contributed by atoms with van der Waals surface area (Å²) >= 11 is 0. The molecular formula is C19H23N3O2. The second-order valence-electron chi connectivity index (χ2n) is 5.55. The van der Waals surface area contributed by atoms with Gasteiger partial charge < -0.3 is 19.4 Å². The largest absolute Gasteiger partial charge is 0.497 e. The Hall–Kier alpha value is -2.53. The number of imidazole rings is 1. The highest BCUT2D eigenvalue weighted by atomic mass is 16.5. The first-order valence-corrected chi connectivity index (χ1v) is 8.17. The molecule has 2 aromatic carbocycles. The number of hydrogen-bond donors (Lipinski definition) is 1. The third-order valence-corrected chi connectivity index (χ3v) is 3.98. The maximum Gasteiger partial charge on any atom is 0.119 e. The van der Waals surface area contributed by atoms with Gasteiger partial charge in [-0.25, -0.2) is 4.98 Å². The molecule has 0 aliphatic carbocycles. The van der Waals surface area contributed by atoms with Gasteiger partial charge in [-0.15, -0.1) is 0 Å². The molecule has 0 radical (unpaired) electrons. The first-order valence-electron chi connectivity index (χ1n) is 8.17. The van der Waals surface area contributed by atoms with Crippen molar-refractivity contribution in [3.05, 3.63) is 54.4 Å². The lowest BCUT2D eigenvalue weighted by atomic mass is 10.3. The third kappa shape index (κ3) is 3.68. The van der Waals surface area contributed by atoms with Crippen LogP contribution in [0.5, 0.6) is 11.5 Å². The van der Waals surface area contributed by atoms with Crippen LogP contribution < -0.4 is 14.8 Å². The minimum atomic E-state index is 0.596. The van der Waals surface area contributed by atoms with Crippen LogP contribution in [0.3, 0.4) is 0 Å². The first-order chi connectivity index (χ1) is 11.8. The fourth-order valence-electron chi connectivity index (χ4n) is 2.73. The summed E-state index contributed by atoms with van der Waals surface area (Å²) < 4.78 is 13.3. The highest BCUT2D eigenvalue weighted by molar-refractivity contribution is 5.75. The van der Waals surface area contributed by atoms with Crippen molar-refractivity contribution in [3.63, 3.8) is 0 Å². The minimum Gasteiger partial charge on any atom is -0.497 e. The molecule has 0 fully saturated rings. The van der Waals surface area contributed by atoms with E-state index in [-0.39, 0.29) is 0 Å². The summed E-state index contributed by atoms with van der Waals surface area (Å²) in [6.45, 7) is 2.27. The van der Waals surface area contributed by atoms with Crippen LogP contribution in [0.4, 0.5) is 0 Å². The number of aromatic nitrogens is 2. The summed E-state index contributed by atoms with van der Waals surface area (Å²) in [7, 11) is 3.62. The molecule has 3 rings (SSSR count). The molecule has 0 aliphatic heterocycles. The van der Waals surface area contributed by atoms with Gasteiger partial charge in [0.2, 0.25) is 0 Å². The number of methoxy groups -OCH3 is 1. The molecule has 0 unspecified atom stereocenters. The molecule has 0 aliphatic rings. The van der Waals surface area contributed by atoms with Gasteiger partial charge in [-0.1, -0.05) is 12.1 Å². The van der Waals surface area contributed by atoms with Crippen molar-refractivity contribution in [3.8, 4) is 11.5 Å². The molecule has 0 bridgehead atoms. The topological polar surface area (TPSA) is 48.3 Å². The van der Waals surface area contributed by atoms with E-state index in [4.69, 9.17) is 14.5 Å². The first kappa shape index (κ1) is 16.3. The van der Waals surface area contributed by atoms with Gasteiger partial charge in [0.25, 0.3) is 0 Å². The number of benzene rings is 2. The number of rotatable bonds is 8. The summed E-state index contributed by atoms with van der Waals surface area (Å²) in [5, 5.41) is 3.18. The SMILES string of the molecule is CNCCc1nc2ccccc2n1CCOc1ccc(OC)cc1. The smallest absolute Gasteiger partial charge is 0.119 e. The van der Waals surface area contributed by atoms with Gasteiger partial charge in [0.1, 0.15) is 23.9 Å². The predicted octanol–water partition coefficient (Wildman–Crippen LogP) is 2.89. The highest BCUT2D eigenvalue weighted by Crippen LogP contribution is 2.19. The molecule has 0 amide bonds. The molecule has 0 spiro atoms. The van der Waals surface area contributed by atoms with Crippen molar-refractivity contribution in [2.75, 3.05) is 27.3 Å². The van der Waals surface area contributed by atoms with Crippen molar-refractivity contribution in [1.82, 2.24) is 14.9 Å². The quantitative estimate of drug-likeness (QED) is 0.692. The number of hydrogen-bond acceptors (Lipinski definition) is 4. The number of ether oxygens (including phenoxy) is 2. The summed E-state index contributed by atoms with van der Waals surface area (Å²) in [6.07, 6.45) is 0.897. The molecule has 0 atom stereocenters. The number of nitrogens with zero attached hydrogens (tertiary/aromatic N) is 2. The monoisotopic (exact) mass is 325 g/mol. The predicted molar refractivity (Wildman–Crippen MR) is 95.9 cm³/mol. The maximum atomic E-state index is 5.87. The van der Waals surface area contributed by atoms with Crippen molar-refractivity contribution in [1.29, 1.82) is 0 Å². The van der Waals surface area contributed by atoms with Crippen LogP contribution >= 0.6 is 0 Å². The minimum absolute atomic E-state index is 0.596. The second kappa shape index (κ2) is 7.84. The molecule has 24 heavy (non-hydrogen) atoms. The molecule has 1 aromatic heterocycles. The van der Waals surface area contributed by atoms with Crippen molar-refractivity contribution in [2.24, 2.45) is 0 Å². The van der Waals surface area contributed by atoms with Crippen LogP contribution in [-0.2, 0) is 13.0 Å². The summed E-state index contributed by atoms with van der Waals surface area (Å²) in [4.78, 5) is 4.75. The number of para-hydroxylation sites is 2. The van der Waals surface area contributed by atoms with E-state index in [0.717, 1.165) is 47.9 Å². The van der Waals surface area contributed by atoms with Gasteiger partial charge in [-0.2, -0.15) is 0 Å². The fraction of sp³-hybridized carbons (Fsp3) is 0.316. The Morgan fingerprint density at radius 2 is 1.79 bits per heavy atom. The van der Waals surface area contributed by atoms with Crippen molar-refractivity contribution in [2.45, 2.75) is 13.0 Å². The third-order valence-electron chi connectivity index (χ3n) is 3.98. The van der Waals surface area contributed by atoms with E-state index in [0.29, 0.717) is 6.61 Å². The van der Waals surface area contributed by atoms with Crippen LogP contribution in [0.1, 0.15) is 5.82 Å². The van der Waals surface area contributed by atoms with Crippen LogP contribution in [0, 0.1) is 0 Å². The zero-order valence-corrected chi connectivity index (χ0v) is 14.2. The number of likely N-dealkylation sites (N-methyl/N-ethyl adjacent to an activating group) is 1. The average Bonchev–Trinajstić information content (AvgIpc) is 2.98. The van der Waals surface area contributed by atoms with Crippen molar-refractivity contribution >= 4 is 11.0 Å². The Morgan fingerprint density at radius 3 is 2.54 bits per heavy atom. The number of fused-ring (bicyclic) bond motifs is 1. The van der Waals surface area contributed by atoms with Gasteiger partial charge in [-0.05, 0) is 43.4 Å². The lowest BCUT2D eigenvalue weighted by Gasteiger charge is -2.11. The van der Waals surface area contributed by atoms with E-state index in [2.05, 4.69) is 22.0 Å². The van der Waals surface area contributed by atoms with Crippen LogP contribution in [-0.4, -0.2) is 36.9 Å². The molecule has 0 saturated carbocycles. The lowest BCUT2D eigenvalue weighted by Crippen LogP contribution is -2.16. The summed E-state index contributed by atoms with van der Waals surface area (Å²) in [6, 6.07) is 15.9. The van der Waals surface area contributed by atoms with Gasteiger partial charge in [0.15, 0.2) is 0 Å². The van der Waals surface area contributed by atoms with E-state index >= 15 is 0 Å². The molecule has 0 saturated heterocycles. The zero-order chi connectivity index (χ0) is 16.8. The number of nitrogens with one attached hydrogen (secondary N) is 1. The Morgan fingerprint density at radius 1 is 1.04 bits per heavy atom. The van der Waals surface area contributed by atoms with Crippen LogP contribution in [0.15, 0.2) is 48.5 Å². The van der Waals surface area contributed by atoms with Gasteiger partial charge >= 0.3 is 0 Å². The van der Waals surface area contributed by atoms with Crippen molar-refractivity contribution < 1.29 is 9.47 Å². The average molecular weight is 325 g/mol. The molecule has 5 heteroatoms. The molecule has 1 N–H and O–H groups in total. The van der Waals surface area contributed by atoms with E-state index in [1.165, 1.54) is 0 Å². The fourth-order valence-corrected chi connectivity index (χ4v) is 2.73. The highest BCUT2D eigenvalue weighted by Gasteiger charge is 2.10. The van der Waals surface area contributed by atoms with E-state index < -0.39 is 0 Å². The Bertz CT molecular complexity index is 781. The summed E-state index contributed by atoms with van der Waals surface area (Å²) in [5.74, 6) is 2.76. The normalized spacial score (nSPS) is 10.9. The van der Waals surface area contributed by atoms with Gasteiger partial charge in [0.05, 0.1) is 24.7 Å². The van der Waals surface area contributed by atoms with Gasteiger partial charge in [0, 0.05) is 13.0 Å². The summed E-state index contributed by atoms with van der Waals surface area (Å²) in [5.41, 5.74) is 2.19. The van der Waals surface area contributed by atoms with E-state index in [9.17, 15) is 0 Å². The molecule has 1 heterocycles. The molecular weight excluding hydrogens is 302 g/mol. The Balaban J connectivity index is 1.70. The molecule has 3 aromatic rings. The molecule has 5 nitrogen and oxygen atoms in total. The second-order valence-corrected chi connectivity index (χ2v) is 5.55. The van der Waals surface area contributed by atoms with E-state index in [1.54, 1.807) is 7.11 Å². The zero-order valence-electron chi connectivity index (χ0n) is 14.2. The lowest BCUT2D eigenvalue weighted by molar-refractivity contribution is 0.297. The van der Waals surface area contributed by atoms with Crippen LogP contribution in [0.25, 0.3) is 11.0 Å². The maximum absolute atomic E-state index is 5.87. The van der Waals surface area contributed by atoms with Gasteiger partial charge in [-0.3, -0.25) is 0 Å².